The zero-order valence-electron chi connectivity index (χ0n) is 16.9. The van der Waals surface area contributed by atoms with E-state index in [0.29, 0.717) is 23.7 Å². The van der Waals surface area contributed by atoms with E-state index in [2.05, 4.69) is 24.6 Å². The summed E-state index contributed by atoms with van der Waals surface area (Å²) in [6.45, 7) is 3.13. The number of thioether (sulfide) groups is 1. The van der Waals surface area contributed by atoms with Gasteiger partial charge in [-0.15, -0.1) is 10.2 Å². The molecule has 0 bridgehead atoms. The Kier molecular flexibility index (Phi) is 5.53. The van der Waals surface area contributed by atoms with Crippen LogP contribution < -0.4 is 4.90 Å². The Labute approximate surface area is 172 Å². The lowest BCUT2D eigenvalue weighted by Crippen LogP contribution is -2.50. The zero-order valence-corrected chi connectivity index (χ0v) is 17.7. The molecule has 2 saturated heterocycles. The van der Waals surface area contributed by atoms with E-state index in [4.69, 9.17) is 0 Å². The lowest BCUT2D eigenvalue weighted by atomic mass is 9.78. The van der Waals surface area contributed by atoms with Gasteiger partial charge in [0.2, 0.25) is 11.9 Å². The van der Waals surface area contributed by atoms with E-state index < -0.39 is 0 Å². The molecule has 2 aliphatic carbocycles. The molecule has 0 N–H and O–H groups in total. The Balaban J connectivity index is 1.26. The fourth-order valence-electron chi connectivity index (χ4n) is 5.47. The number of rotatable bonds is 5. The van der Waals surface area contributed by atoms with Crippen LogP contribution in [0.1, 0.15) is 76.7 Å². The normalized spacial score (nSPS) is 28.3. The molecule has 3 heterocycles. The van der Waals surface area contributed by atoms with E-state index in [9.17, 15) is 4.79 Å². The topological polar surface area (TPSA) is 54.3 Å². The first-order chi connectivity index (χ1) is 13.8. The molecule has 7 heteroatoms. The van der Waals surface area contributed by atoms with Crippen LogP contribution in [0.25, 0.3) is 0 Å². The summed E-state index contributed by atoms with van der Waals surface area (Å²) in [6.07, 6.45) is 13.9. The summed E-state index contributed by atoms with van der Waals surface area (Å²) in [5.41, 5.74) is 0. The second-order valence-corrected chi connectivity index (χ2v) is 10.0. The van der Waals surface area contributed by atoms with Gasteiger partial charge in [-0.2, -0.15) is 0 Å². The van der Waals surface area contributed by atoms with Crippen molar-refractivity contribution in [3.63, 3.8) is 0 Å². The quantitative estimate of drug-likeness (QED) is 0.699. The van der Waals surface area contributed by atoms with Crippen molar-refractivity contribution >= 4 is 23.6 Å². The fraction of sp³-hybridized carbons (Fsp3) is 0.857. The molecule has 1 aromatic rings. The molecule has 28 heavy (non-hydrogen) atoms. The van der Waals surface area contributed by atoms with Crippen molar-refractivity contribution in [3.8, 4) is 0 Å². The lowest BCUT2D eigenvalue weighted by Gasteiger charge is -2.44. The van der Waals surface area contributed by atoms with Gasteiger partial charge in [0.15, 0.2) is 5.16 Å². The van der Waals surface area contributed by atoms with Crippen molar-refractivity contribution in [2.45, 2.75) is 87.9 Å². The third kappa shape index (κ3) is 3.79. The average Bonchev–Trinajstić information content (AvgIpc) is 3.51. The Morgan fingerprint density at radius 1 is 0.893 bits per heavy atom. The van der Waals surface area contributed by atoms with Crippen molar-refractivity contribution in [2.75, 3.05) is 30.3 Å². The number of nitrogens with zero attached hydrogens (tertiary/aromatic N) is 5. The van der Waals surface area contributed by atoms with Crippen LogP contribution in [0, 0.1) is 5.92 Å². The maximum atomic E-state index is 13.1. The molecule has 4 aliphatic rings. The highest BCUT2D eigenvalue weighted by molar-refractivity contribution is 7.99. The molecule has 154 valence electrons. The van der Waals surface area contributed by atoms with Gasteiger partial charge in [-0.25, -0.2) is 0 Å². The van der Waals surface area contributed by atoms with Crippen molar-refractivity contribution < 1.29 is 4.79 Å². The number of hydrogen-bond acceptors (Lipinski definition) is 5. The molecule has 0 spiro atoms. The van der Waals surface area contributed by atoms with Crippen LogP contribution in [0.2, 0.25) is 0 Å². The van der Waals surface area contributed by atoms with Gasteiger partial charge >= 0.3 is 0 Å². The van der Waals surface area contributed by atoms with Crippen LogP contribution in [0.15, 0.2) is 5.16 Å². The summed E-state index contributed by atoms with van der Waals surface area (Å²) in [4.78, 5) is 17.7. The minimum absolute atomic E-state index is 0.312. The van der Waals surface area contributed by atoms with E-state index in [1.807, 2.05) is 0 Å². The summed E-state index contributed by atoms with van der Waals surface area (Å²) >= 11 is 1.61. The van der Waals surface area contributed by atoms with Gasteiger partial charge in [-0.05, 0) is 63.7 Å². The Morgan fingerprint density at radius 2 is 1.68 bits per heavy atom. The third-order valence-corrected chi connectivity index (χ3v) is 8.01. The first kappa shape index (κ1) is 18.8. The van der Waals surface area contributed by atoms with Crippen LogP contribution in [0.4, 0.5) is 5.95 Å². The van der Waals surface area contributed by atoms with E-state index in [1.54, 1.807) is 11.8 Å². The second-order valence-electron chi connectivity index (χ2n) is 9.06. The highest BCUT2D eigenvalue weighted by Gasteiger charge is 2.36. The molecule has 5 rings (SSSR count). The van der Waals surface area contributed by atoms with Gasteiger partial charge in [0.25, 0.3) is 0 Å². The van der Waals surface area contributed by atoms with Gasteiger partial charge in [0.05, 0.1) is 5.75 Å². The molecule has 1 aromatic heterocycles. The molecule has 2 saturated carbocycles. The molecule has 2 aliphatic heterocycles. The van der Waals surface area contributed by atoms with Gasteiger partial charge in [0, 0.05) is 31.7 Å². The summed E-state index contributed by atoms with van der Waals surface area (Å²) in [6, 6.07) is 1.04. The largest absolute Gasteiger partial charge is 0.341 e. The number of anilines is 1. The van der Waals surface area contributed by atoms with Crippen LogP contribution in [-0.2, 0) is 4.79 Å². The molecular weight excluding hydrogens is 370 g/mol. The summed E-state index contributed by atoms with van der Waals surface area (Å²) < 4.78 is 2.34. The Bertz CT molecular complexity index is 695. The number of likely N-dealkylation sites (tertiary alicyclic amines) is 1. The molecule has 0 radical (unpaired) electrons. The molecule has 1 amide bonds. The van der Waals surface area contributed by atoms with Crippen molar-refractivity contribution in [3.05, 3.63) is 0 Å². The molecular formula is C21H33N5OS. The average molecular weight is 404 g/mol. The SMILES string of the molecule is O=C(CSc1nnc(N2CCCCC2)n1C1CC1)N1CCCC2CCCCC21. The summed E-state index contributed by atoms with van der Waals surface area (Å²) in [5.74, 6) is 2.61. The van der Waals surface area contributed by atoms with Gasteiger partial charge in [-0.1, -0.05) is 24.6 Å². The van der Waals surface area contributed by atoms with Gasteiger partial charge in [0.1, 0.15) is 0 Å². The van der Waals surface area contributed by atoms with Crippen LogP contribution >= 0.6 is 11.8 Å². The number of carbonyl (C=O) groups excluding carboxylic acids is 1. The summed E-state index contributed by atoms with van der Waals surface area (Å²) in [7, 11) is 0. The van der Waals surface area contributed by atoms with Crippen LogP contribution in [-0.4, -0.2) is 57.0 Å². The monoisotopic (exact) mass is 403 g/mol. The Hall–Kier alpha value is -1.24. The number of piperidine rings is 2. The third-order valence-electron chi connectivity index (χ3n) is 7.09. The second kappa shape index (κ2) is 8.25. The molecule has 6 nitrogen and oxygen atoms in total. The number of hydrogen-bond donors (Lipinski definition) is 0. The standard InChI is InChI=1S/C21H33N5OS/c27-19(25-14-6-8-16-7-2-3-9-18(16)25)15-28-21-23-22-20(26(21)17-10-11-17)24-12-4-1-5-13-24/h16-18H,1-15H2. The summed E-state index contributed by atoms with van der Waals surface area (Å²) in [5, 5.41) is 10.0. The van der Waals surface area contributed by atoms with E-state index in [-0.39, 0.29) is 0 Å². The smallest absolute Gasteiger partial charge is 0.233 e. The van der Waals surface area contributed by atoms with Crippen molar-refractivity contribution in [1.82, 2.24) is 19.7 Å². The Morgan fingerprint density at radius 3 is 2.50 bits per heavy atom. The van der Waals surface area contributed by atoms with E-state index in [1.165, 1.54) is 70.6 Å². The van der Waals surface area contributed by atoms with E-state index >= 15 is 0 Å². The first-order valence-corrected chi connectivity index (χ1v) is 12.4. The van der Waals surface area contributed by atoms with Crippen LogP contribution in [0.5, 0.6) is 0 Å². The van der Waals surface area contributed by atoms with E-state index in [0.717, 1.165) is 36.7 Å². The maximum absolute atomic E-state index is 13.1. The minimum Gasteiger partial charge on any atom is -0.341 e. The zero-order chi connectivity index (χ0) is 18.9. The lowest BCUT2D eigenvalue weighted by molar-refractivity contribution is -0.134. The maximum Gasteiger partial charge on any atom is 0.233 e. The predicted octanol–water partition coefficient (Wildman–Crippen LogP) is 3.88. The molecule has 2 unspecified atom stereocenters. The predicted molar refractivity (Wildman–Crippen MR) is 112 cm³/mol. The van der Waals surface area contributed by atoms with Crippen molar-refractivity contribution in [2.24, 2.45) is 5.92 Å². The molecule has 0 aromatic carbocycles. The molecule has 2 atom stereocenters. The van der Waals surface area contributed by atoms with Crippen LogP contribution in [0.3, 0.4) is 0 Å². The first-order valence-electron chi connectivity index (χ1n) is 11.4. The fourth-order valence-corrected chi connectivity index (χ4v) is 6.36. The number of carbonyl (C=O) groups is 1. The minimum atomic E-state index is 0.312. The number of aromatic nitrogens is 3. The van der Waals surface area contributed by atoms with Gasteiger partial charge in [-0.3, -0.25) is 9.36 Å². The number of amides is 1. The van der Waals surface area contributed by atoms with Gasteiger partial charge < -0.3 is 9.80 Å². The van der Waals surface area contributed by atoms with Crippen molar-refractivity contribution in [1.29, 1.82) is 0 Å². The highest BCUT2D eigenvalue weighted by atomic mass is 32.2. The number of fused-ring (bicyclic) bond motifs is 1. The molecule has 4 fully saturated rings. The highest BCUT2D eigenvalue weighted by Crippen LogP contribution is 2.41.